The first-order valence-corrected chi connectivity index (χ1v) is 6.94. The van der Waals surface area contributed by atoms with Crippen molar-refractivity contribution in [3.8, 4) is 0 Å². The minimum absolute atomic E-state index is 0.0965. The molecule has 0 aromatic carbocycles. The summed E-state index contributed by atoms with van der Waals surface area (Å²) < 4.78 is 12.8. The van der Waals surface area contributed by atoms with E-state index in [1.165, 1.54) is 0 Å². The van der Waals surface area contributed by atoms with Crippen molar-refractivity contribution in [1.29, 1.82) is 0 Å². The first-order valence-electron chi connectivity index (χ1n) is 6.94. The van der Waals surface area contributed by atoms with Crippen LogP contribution in [0.4, 0.5) is 4.39 Å². The summed E-state index contributed by atoms with van der Waals surface area (Å²) in [5.74, 6) is -0.0897. The molecule has 1 aliphatic carbocycles. The van der Waals surface area contributed by atoms with Crippen molar-refractivity contribution in [2.45, 2.75) is 45.6 Å². The molecule has 0 saturated heterocycles. The summed E-state index contributed by atoms with van der Waals surface area (Å²) in [6, 6.07) is 0.321. The molecular weight excluding hydrogens is 245 g/mol. The predicted octanol–water partition coefficient (Wildman–Crippen LogP) is 2.66. The Bertz CT molecular complexity index is 427. The van der Waals surface area contributed by atoms with Gasteiger partial charge in [-0.2, -0.15) is 0 Å². The minimum Gasteiger partial charge on any atom is -0.333 e. The van der Waals surface area contributed by atoms with E-state index in [0.29, 0.717) is 12.0 Å². The Morgan fingerprint density at radius 2 is 1.95 bits per heavy atom. The Kier molecular flexibility index (Phi) is 4.45. The van der Waals surface area contributed by atoms with E-state index in [0.717, 1.165) is 44.6 Å². The zero-order chi connectivity index (χ0) is 13.8. The van der Waals surface area contributed by atoms with Gasteiger partial charge in [0.15, 0.2) is 5.82 Å². The molecule has 0 unspecified atom stereocenters. The summed E-state index contributed by atoms with van der Waals surface area (Å²) in [5, 5.41) is 0. The molecule has 1 fully saturated rings. The molecule has 0 aliphatic heterocycles. The molecule has 0 radical (unpaired) electrons. The van der Waals surface area contributed by atoms with Gasteiger partial charge in [0.25, 0.3) is 5.91 Å². The predicted molar refractivity (Wildman–Crippen MR) is 70.1 cm³/mol. The van der Waals surface area contributed by atoms with E-state index in [2.05, 4.69) is 23.8 Å². The van der Waals surface area contributed by atoms with E-state index in [4.69, 9.17) is 0 Å². The molecule has 0 spiro atoms. The second-order valence-electron chi connectivity index (χ2n) is 5.10. The third-order valence-electron chi connectivity index (χ3n) is 3.67. The van der Waals surface area contributed by atoms with E-state index in [1.54, 1.807) is 0 Å². The molecule has 4 nitrogen and oxygen atoms in total. The van der Waals surface area contributed by atoms with E-state index in [1.807, 2.05) is 4.90 Å². The smallest absolute Gasteiger partial charge is 0.291 e. The first kappa shape index (κ1) is 13.9. The van der Waals surface area contributed by atoms with Crippen molar-refractivity contribution in [3.05, 3.63) is 24.0 Å². The maximum Gasteiger partial charge on any atom is 0.291 e. The Morgan fingerprint density at radius 1 is 1.37 bits per heavy atom. The molecule has 0 atom stereocenters. The van der Waals surface area contributed by atoms with E-state index in [-0.39, 0.29) is 11.7 Å². The number of halogens is 1. The monoisotopic (exact) mass is 265 g/mol. The minimum atomic E-state index is -0.519. The van der Waals surface area contributed by atoms with Crippen LogP contribution in [0, 0.1) is 11.7 Å². The molecule has 0 N–H and O–H groups in total. The van der Waals surface area contributed by atoms with Gasteiger partial charge in [0.2, 0.25) is 5.82 Å². The molecule has 1 aromatic rings. The molecule has 5 heteroatoms. The highest BCUT2D eigenvalue weighted by Crippen LogP contribution is 2.29. The maximum atomic E-state index is 12.8. The van der Waals surface area contributed by atoms with Crippen LogP contribution in [0.5, 0.6) is 0 Å². The fraction of sp³-hybridized carbons (Fsp3) is 0.643. The van der Waals surface area contributed by atoms with Gasteiger partial charge >= 0.3 is 0 Å². The number of aromatic nitrogens is 2. The van der Waals surface area contributed by atoms with Gasteiger partial charge < -0.3 is 4.90 Å². The Balaban J connectivity index is 2.10. The van der Waals surface area contributed by atoms with Gasteiger partial charge in [-0.3, -0.25) is 4.79 Å². The largest absolute Gasteiger partial charge is 0.333 e. The van der Waals surface area contributed by atoms with Crippen LogP contribution in [0.3, 0.4) is 0 Å². The standard InChI is InChI=1S/C14H20FN3O/c1-3-10(4-2)9-18(12-5-6-12)14(19)13-16-7-11(15)8-17-13/h7-8,10,12H,3-6,9H2,1-2H3. The lowest BCUT2D eigenvalue weighted by Gasteiger charge is -2.26. The number of carbonyl (C=O) groups is 1. The van der Waals surface area contributed by atoms with Crippen LogP contribution < -0.4 is 0 Å². The quantitative estimate of drug-likeness (QED) is 0.794. The zero-order valence-corrected chi connectivity index (χ0v) is 11.5. The fourth-order valence-corrected chi connectivity index (χ4v) is 2.16. The normalized spacial score (nSPS) is 14.7. The zero-order valence-electron chi connectivity index (χ0n) is 11.5. The molecule has 1 aromatic heterocycles. The summed E-state index contributed by atoms with van der Waals surface area (Å²) >= 11 is 0. The molecule has 104 valence electrons. The lowest BCUT2D eigenvalue weighted by atomic mass is 10.0. The third-order valence-corrected chi connectivity index (χ3v) is 3.67. The van der Waals surface area contributed by atoms with Gasteiger partial charge in [-0.25, -0.2) is 14.4 Å². The second kappa shape index (κ2) is 6.08. The van der Waals surface area contributed by atoms with Crippen molar-refractivity contribution in [1.82, 2.24) is 14.9 Å². The number of carbonyl (C=O) groups excluding carboxylic acids is 1. The molecule has 1 amide bonds. The molecule has 1 heterocycles. The molecule has 1 saturated carbocycles. The van der Waals surface area contributed by atoms with Crippen LogP contribution >= 0.6 is 0 Å². The summed E-state index contributed by atoms with van der Waals surface area (Å²) in [6.07, 6.45) is 6.29. The first-order chi connectivity index (χ1) is 9.15. The number of amides is 1. The number of nitrogens with zero attached hydrogens (tertiary/aromatic N) is 3. The van der Waals surface area contributed by atoms with Gasteiger partial charge in [-0.1, -0.05) is 26.7 Å². The summed E-state index contributed by atoms with van der Waals surface area (Å²) in [6.45, 7) is 5.02. The van der Waals surface area contributed by atoms with Gasteiger partial charge in [0, 0.05) is 12.6 Å². The van der Waals surface area contributed by atoms with Crippen LogP contribution in [-0.4, -0.2) is 33.4 Å². The summed E-state index contributed by atoms with van der Waals surface area (Å²) in [4.78, 5) is 21.8. The van der Waals surface area contributed by atoms with Crippen molar-refractivity contribution in [3.63, 3.8) is 0 Å². The van der Waals surface area contributed by atoms with Crippen molar-refractivity contribution in [2.24, 2.45) is 5.92 Å². The Hall–Kier alpha value is -1.52. The molecule has 2 rings (SSSR count). The molecule has 1 aliphatic rings. The molecular formula is C14H20FN3O. The van der Waals surface area contributed by atoms with E-state index < -0.39 is 5.82 Å². The van der Waals surface area contributed by atoms with E-state index >= 15 is 0 Å². The summed E-state index contributed by atoms with van der Waals surface area (Å²) in [5.41, 5.74) is 0. The number of rotatable bonds is 6. The van der Waals surface area contributed by atoms with Crippen molar-refractivity contribution < 1.29 is 9.18 Å². The van der Waals surface area contributed by atoms with Crippen molar-refractivity contribution >= 4 is 5.91 Å². The van der Waals surface area contributed by atoms with Gasteiger partial charge in [0.05, 0.1) is 12.4 Å². The number of hydrogen-bond acceptors (Lipinski definition) is 3. The van der Waals surface area contributed by atoms with E-state index in [9.17, 15) is 9.18 Å². The lowest BCUT2D eigenvalue weighted by molar-refractivity contribution is 0.0697. The Morgan fingerprint density at radius 3 is 2.42 bits per heavy atom. The maximum absolute atomic E-state index is 12.8. The van der Waals surface area contributed by atoms with Crippen LogP contribution in [0.2, 0.25) is 0 Å². The van der Waals surface area contributed by atoms with Crippen LogP contribution in [0.15, 0.2) is 12.4 Å². The van der Waals surface area contributed by atoms with Crippen LogP contribution in [0.1, 0.15) is 50.1 Å². The number of hydrogen-bond donors (Lipinski definition) is 0. The van der Waals surface area contributed by atoms with Gasteiger partial charge in [-0.05, 0) is 18.8 Å². The second-order valence-corrected chi connectivity index (χ2v) is 5.10. The average Bonchev–Trinajstić information content (AvgIpc) is 3.25. The highest BCUT2D eigenvalue weighted by atomic mass is 19.1. The van der Waals surface area contributed by atoms with Crippen LogP contribution in [-0.2, 0) is 0 Å². The highest BCUT2D eigenvalue weighted by Gasteiger charge is 2.34. The Labute approximate surface area is 113 Å². The fourth-order valence-electron chi connectivity index (χ4n) is 2.16. The van der Waals surface area contributed by atoms with Gasteiger partial charge in [-0.15, -0.1) is 0 Å². The third kappa shape index (κ3) is 3.49. The highest BCUT2D eigenvalue weighted by molar-refractivity contribution is 5.90. The van der Waals surface area contributed by atoms with Gasteiger partial charge in [0.1, 0.15) is 0 Å². The summed E-state index contributed by atoms with van der Waals surface area (Å²) in [7, 11) is 0. The molecule has 19 heavy (non-hydrogen) atoms. The van der Waals surface area contributed by atoms with Crippen LogP contribution in [0.25, 0.3) is 0 Å². The average molecular weight is 265 g/mol. The SMILES string of the molecule is CCC(CC)CN(C(=O)c1ncc(F)cn1)C1CC1. The lowest BCUT2D eigenvalue weighted by Crippen LogP contribution is -2.38. The van der Waals surface area contributed by atoms with Crippen molar-refractivity contribution in [2.75, 3.05) is 6.54 Å². The topological polar surface area (TPSA) is 46.1 Å². The molecule has 0 bridgehead atoms.